The normalized spacial score (nSPS) is 12.3. The second-order valence-corrected chi connectivity index (χ2v) is 5.68. The molecule has 0 spiro atoms. The third-order valence-electron chi connectivity index (χ3n) is 2.78. The number of hydrogen-bond acceptors (Lipinski definition) is 4. The van der Waals surface area contributed by atoms with Crippen LogP contribution in [-0.4, -0.2) is 4.92 Å². The largest absolute Gasteiger partial charge is 0.324 e. The number of thiophene rings is 1. The molecule has 19 heavy (non-hydrogen) atoms. The molecule has 0 saturated heterocycles. The zero-order valence-electron chi connectivity index (χ0n) is 10.3. The van der Waals surface area contributed by atoms with Crippen molar-refractivity contribution in [1.82, 2.24) is 5.32 Å². The standard InChI is InChI=1S/C13H13ClN2O2S/c1-9(11-4-2-3-5-12(11)14)15-8-10-6-7-13(19-10)16(17)18/h2-7,9,15H,8H2,1H3. The summed E-state index contributed by atoms with van der Waals surface area (Å²) in [6.07, 6.45) is 0. The Balaban J connectivity index is 1.98. The van der Waals surface area contributed by atoms with E-state index in [1.165, 1.54) is 17.4 Å². The lowest BCUT2D eigenvalue weighted by Gasteiger charge is -2.14. The molecule has 0 saturated carbocycles. The SMILES string of the molecule is CC(NCc1ccc([N+](=O)[O-])s1)c1ccccc1Cl. The van der Waals surface area contributed by atoms with E-state index in [0.29, 0.717) is 6.54 Å². The highest BCUT2D eigenvalue weighted by Crippen LogP contribution is 2.26. The Morgan fingerprint density at radius 2 is 2.11 bits per heavy atom. The molecule has 6 heteroatoms. The summed E-state index contributed by atoms with van der Waals surface area (Å²) in [5.41, 5.74) is 1.02. The second kappa shape index (κ2) is 6.14. The first-order valence-electron chi connectivity index (χ1n) is 5.79. The van der Waals surface area contributed by atoms with E-state index in [2.05, 4.69) is 5.32 Å². The van der Waals surface area contributed by atoms with Gasteiger partial charge in [-0.15, -0.1) is 0 Å². The minimum Gasteiger partial charge on any atom is -0.305 e. The molecule has 0 amide bonds. The molecule has 1 heterocycles. The smallest absolute Gasteiger partial charge is 0.305 e. The molecule has 0 radical (unpaired) electrons. The van der Waals surface area contributed by atoms with Gasteiger partial charge in [0.25, 0.3) is 0 Å². The number of nitrogens with zero attached hydrogens (tertiary/aromatic N) is 1. The van der Waals surface area contributed by atoms with E-state index in [0.717, 1.165) is 15.5 Å². The van der Waals surface area contributed by atoms with Gasteiger partial charge in [0.2, 0.25) is 0 Å². The maximum atomic E-state index is 10.6. The highest BCUT2D eigenvalue weighted by Gasteiger charge is 2.12. The van der Waals surface area contributed by atoms with Crippen LogP contribution in [0.5, 0.6) is 0 Å². The Kier molecular flexibility index (Phi) is 4.52. The summed E-state index contributed by atoms with van der Waals surface area (Å²) in [5, 5.41) is 14.8. The molecule has 2 rings (SSSR count). The van der Waals surface area contributed by atoms with Crippen molar-refractivity contribution in [3.63, 3.8) is 0 Å². The first kappa shape index (κ1) is 14.0. The van der Waals surface area contributed by atoms with Crippen molar-refractivity contribution >= 4 is 27.9 Å². The van der Waals surface area contributed by atoms with Crippen LogP contribution in [0.2, 0.25) is 5.02 Å². The molecule has 0 bridgehead atoms. The van der Waals surface area contributed by atoms with Crippen molar-refractivity contribution in [2.75, 3.05) is 0 Å². The van der Waals surface area contributed by atoms with Crippen molar-refractivity contribution in [2.45, 2.75) is 19.5 Å². The predicted octanol–water partition coefficient (Wildman–Crippen LogP) is 4.16. The van der Waals surface area contributed by atoms with Gasteiger partial charge >= 0.3 is 5.00 Å². The van der Waals surface area contributed by atoms with Crippen LogP contribution in [-0.2, 0) is 6.54 Å². The van der Waals surface area contributed by atoms with Crippen molar-refractivity contribution in [2.24, 2.45) is 0 Å². The summed E-state index contributed by atoms with van der Waals surface area (Å²) in [6.45, 7) is 2.61. The lowest BCUT2D eigenvalue weighted by atomic mass is 10.1. The Morgan fingerprint density at radius 3 is 2.74 bits per heavy atom. The quantitative estimate of drug-likeness (QED) is 0.666. The Labute approximate surface area is 120 Å². The van der Waals surface area contributed by atoms with Crippen LogP contribution in [0.1, 0.15) is 23.4 Å². The number of hydrogen-bond donors (Lipinski definition) is 1. The second-order valence-electron chi connectivity index (χ2n) is 4.12. The fourth-order valence-electron chi connectivity index (χ4n) is 1.75. The molecular formula is C13H13ClN2O2S. The van der Waals surface area contributed by atoms with Gasteiger partial charge in [0.1, 0.15) is 0 Å². The molecule has 100 valence electrons. The zero-order chi connectivity index (χ0) is 13.8. The van der Waals surface area contributed by atoms with E-state index in [1.807, 2.05) is 31.2 Å². The fourth-order valence-corrected chi connectivity index (χ4v) is 2.82. The number of halogens is 1. The van der Waals surface area contributed by atoms with Crippen LogP contribution in [0.3, 0.4) is 0 Å². The molecule has 1 unspecified atom stereocenters. The van der Waals surface area contributed by atoms with Gasteiger partial charge in [-0.25, -0.2) is 0 Å². The molecule has 1 atom stereocenters. The molecule has 1 N–H and O–H groups in total. The van der Waals surface area contributed by atoms with E-state index in [4.69, 9.17) is 11.6 Å². The van der Waals surface area contributed by atoms with Crippen LogP contribution in [0.25, 0.3) is 0 Å². The Morgan fingerprint density at radius 1 is 1.37 bits per heavy atom. The van der Waals surface area contributed by atoms with Crippen molar-refractivity contribution < 1.29 is 4.92 Å². The minimum absolute atomic E-state index is 0.0925. The van der Waals surface area contributed by atoms with Gasteiger partial charge in [0, 0.05) is 28.6 Å². The third-order valence-corrected chi connectivity index (χ3v) is 4.16. The predicted molar refractivity (Wildman–Crippen MR) is 77.7 cm³/mol. The number of rotatable bonds is 5. The van der Waals surface area contributed by atoms with Crippen LogP contribution in [0, 0.1) is 10.1 Å². The zero-order valence-corrected chi connectivity index (χ0v) is 11.9. The Hall–Kier alpha value is -1.43. The molecule has 0 aliphatic rings. The summed E-state index contributed by atoms with van der Waals surface area (Å²) in [7, 11) is 0. The highest BCUT2D eigenvalue weighted by molar-refractivity contribution is 7.15. The summed E-state index contributed by atoms with van der Waals surface area (Å²) in [5.74, 6) is 0. The first-order chi connectivity index (χ1) is 9.08. The molecule has 0 aliphatic heterocycles. The van der Waals surface area contributed by atoms with Crippen LogP contribution >= 0.6 is 22.9 Å². The number of nitro groups is 1. The average Bonchev–Trinajstić information content (AvgIpc) is 2.85. The van der Waals surface area contributed by atoms with Crippen LogP contribution in [0.15, 0.2) is 36.4 Å². The molecule has 2 aromatic rings. The maximum absolute atomic E-state index is 10.6. The molecular weight excluding hydrogens is 284 g/mol. The van der Waals surface area contributed by atoms with Crippen molar-refractivity contribution in [1.29, 1.82) is 0 Å². The van der Waals surface area contributed by atoms with Gasteiger partial charge in [0.05, 0.1) is 4.92 Å². The lowest BCUT2D eigenvalue weighted by molar-refractivity contribution is -0.380. The van der Waals surface area contributed by atoms with Gasteiger partial charge in [-0.1, -0.05) is 41.1 Å². The molecule has 1 aromatic carbocycles. The van der Waals surface area contributed by atoms with Gasteiger partial charge in [-0.05, 0) is 24.6 Å². The summed E-state index contributed by atoms with van der Waals surface area (Å²) < 4.78 is 0. The maximum Gasteiger partial charge on any atom is 0.324 e. The topological polar surface area (TPSA) is 55.2 Å². The third kappa shape index (κ3) is 3.53. The van der Waals surface area contributed by atoms with Gasteiger partial charge in [-0.2, -0.15) is 0 Å². The van der Waals surface area contributed by atoms with Gasteiger partial charge < -0.3 is 5.32 Å². The molecule has 4 nitrogen and oxygen atoms in total. The lowest BCUT2D eigenvalue weighted by Crippen LogP contribution is -2.17. The Bertz CT molecular complexity index is 586. The fraction of sp³-hybridized carbons (Fsp3) is 0.231. The van der Waals surface area contributed by atoms with Crippen molar-refractivity contribution in [3.05, 3.63) is 62.0 Å². The van der Waals surface area contributed by atoms with E-state index >= 15 is 0 Å². The summed E-state index contributed by atoms with van der Waals surface area (Å²) in [6, 6.07) is 11.0. The van der Waals surface area contributed by atoms with Gasteiger partial charge in [0.15, 0.2) is 0 Å². The number of nitrogens with one attached hydrogen (secondary N) is 1. The molecule has 0 aliphatic carbocycles. The number of benzene rings is 1. The van der Waals surface area contributed by atoms with E-state index in [-0.39, 0.29) is 16.0 Å². The van der Waals surface area contributed by atoms with E-state index in [9.17, 15) is 10.1 Å². The first-order valence-corrected chi connectivity index (χ1v) is 6.98. The monoisotopic (exact) mass is 296 g/mol. The van der Waals surface area contributed by atoms with Crippen molar-refractivity contribution in [3.8, 4) is 0 Å². The molecule has 0 fully saturated rings. The van der Waals surface area contributed by atoms with Crippen LogP contribution < -0.4 is 5.32 Å². The summed E-state index contributed by atoms with van der Waals surface area (Å²) in [4.78, 5) is 11.2. The minimum atomic E-state index is -0.369. The van der Waals surface area contributed by atoms with Crippen LogP contribution in [0.4, 0.5) is 5.00 Å². The van der Waals surface area contributed by atoms with E-state index < -0.39 is 0 Å². The summed E-state index contributed by atoms with van der Waals surface area (Å²) >= 11 is 7.31. The van der Waals surface area contributed by atoms with Gasteiger partial charge in [-0.3, -0.25) is 10.1 Å². The average molecular weight is 297 g/mol. The highest BCUT2D eigenvalue weighted by atomic mass is 35.5. The van der Waals surface area contributed by atoms with E-state index in [1.54, 1.807) is 6.07 Å². The molecule has 1 aromatic heterocycles.